The zero-order chi connectivity index (χ0) is 28.4. The molecule has 1 aromatic heterocycles. The second-order valence-electron chi connectivity index (χ2n) is 14.6. The van der Waals surface area contributed by atoms with Crippen molar-refractivity contribution in [3.05, 3.63) is 29.2 Å². The molecule has 0 amide bonds. The number of ether oxygens (including phenoxy) is 1. The van der Waals surface area contributed by atoms with Gasteiger partial charge in [0.2, 0.25) is 0 Å². The van der Waals surface area contributed by atoms with Crippen LogP contribution in [-0.4, -0.2) is 30.3 Å². The third-order valence-corrected chi connectivity index (χ3v) is 12.0. The van der Waals surface area contributed by atoms with E-state index in [-0.39, 0.29) is 57.6 Å². The number of hydrogen-bond donors (Lipinski definition) is 0. The Balaban J connectivity index is 1.50. The molecule has 6 nitrogen and oxygen atoms in total. The summed E-state index contributed by atoms with van der Waals surface area (Å²) in [5.41, 5.74) is 1.13. The molecule has 0 saturated heterocycles. The van der Waals surface area contributed by atoms with Crippen molar-refractivity contribution in [1.29, 1.82) is 0 Å². The fraction of sp³-hybridized carbons (Fsp3) is 0.758. The highest BCUT2D eigenvalue weighted by atomic mass is 16.5. The molecule has 0 bridgehead atoms. The highest BCUT2D eigenvalue weighted by Gasteiger charge is 2.64. The summed E-state index contributed by atoms with van der Waals surface area (Å²) in [6, 6.07) is 0. The Bertz CT molecular complexity index is 1180. The van der Waals surface area contributed by atoms with Gasteiger partial charge in [-0.05, 0) is 98.4 Å². The fourth-order valence-corrected chi connectivity index (χ4v) is 9.69. The van der Waals surface area contributed by atoms with Crippen molar-refractivity contribution in [2.75, 3.05) is 7.11 Å². The lowest BCUT2D eigenvalue weighted by Gasteiger charge is -2.64. The number of hydrogen-bond acceptors (Lipinski definition) is 6. The molecule has 0 aromatic carbocycles. The molecule has 8 atom stereocenters. The third kappa shape index (κ3) is 4.18. The number of allylic oxidation sites excluding steroid dienone is 2. The van der Waals surface area contributed by atoms with Gasteiger partial charge in [-0.25, -0.2) is 0 Å². The lowest BCUT2D eigenvalue weighted by atomic mass is 9.39. The summed E-state index contributed by atoms with van der Waals surface area (Å²) in [4.78, 5) is 39.7. The van der Waals surface area contributed by atoms with Crippen LogP contribution < -0.4 is 0 Å². The van der Waals surface area contributed by atoms with Gasteiger partial charge in [-0.1, -0.05) is 51.8 Å². The van der Waals surface area contributed by atoms with Gasteiger partial charge >= 0.3 is 5.97 Å². The third-order valence-electron chi connectivity index (χ3n) is 12.0. The summed E-state index contributed by atoms with van der Waals surface area (Å²) in [7, 11) is 1.49. The minimum absolute atomic E-state index is 0.0137. The van der Waals surface area contributed by atoms with Crippen LogP contribution in [-0.2, 0) is 31.0 Å². The molecule has 1 aromatic rings. The molecule has 3 saturated carbocycles. The van der Waals surface area contributed by atoms with E-state index in [1.807, 2.05) is 13.0 Å². The van der Waals surface area contributed by atoms with Gasteiger partial charge in [0.1, 0.15) is 6.29 Å². The molecule has 1 heterocycles. The molecule has 3 fully saturated rings. The Morgan fingerprint density at radius 1 is 1.18 bits per heavy atom. The van der Waals surface area contributed by atoms with Crippen LogP contribution in [0.5, 0.6) is 0 Å². The van der Waals surface area contributed by atoms with Crippen LogP contribution in [0.3, 0.4) is 0 Å². The molecule has 4 aliphatic rings. The zero-order valence-electron chi connectivity index (χ0n) is 25.0. The highest BCUT2D eigenvalue weighted by molar-refractivity contribution is 5.95. The monoisotopic (exact) mass is 537 g/mol. The molecule has 214 valence electrons. The molecule has 0 spiro atoms. The highest BCUT2D eigenvalue weighted by Crippen LogP contribution is 2.69. The van der Waals surface area contributed by atoms with Crippen molar-refractivity contribution in [1.82, 2.24) is 5.16 Å². The largest absolute Gasteiger partial charge is 0.469 e. The lowest BCUT2D eigenvalue weighted by Crippen LogP contribution is -2.60. The zero-order valence-corrected chi connectivity index (χ0v) is 25.0. The first-order chi connectivity index (χ1) is 18.3. The summed E-state index contributed by atoms with van der Waals surface area (Å²) in [5, 5.41) is 4.06. The Morgan fingerprint density at radius 2 is 1.92 bits per heavy atom. The molecule has 0 N–H and O–H groups in total. The van der Waals surface area contributed by atoms with Crippen molar-refractivity contribution < 1.29 is 23.6 Å². The summed E-state index contributed by atoms with van der Waals surface area (Å²) in [6.07, 6.45) is 12.8. The fourth-order valence-electron chi connectivity index (χ4n) is 9.69. The summed E-state index contributed by atoms with van der Waals surface area (Å²) in [5.74, 6) is 1.01. The van der Waals surface area contributed by atoms with E-state index in [4.69, 9.17) is 9.26 Å². The summed E-state index contributed by atoms with van der Waals surface area (Å²) >= 11 is 0. The van der Waals surface area contributed by atoms with E-state index in [0.29, 0.717) is 5.76 Å². The van der Waals surface area contributed by atoms with Crippen LogP contribution in [0.4, 0.5) is 0 Å². The molecular formula is C33H47NO5. The Morgan fingerprint density at radius 3 is 2.59 bits per heavy atom. The number of methoxy groups -OCH3 is 1. The summed E-state index contributed by atoms with van der Waals surface area (Å²) in [6.45, 7) is 13.3. The van der Waals surface area contributed by atoms with Crippen molar-refractivity contribution in [2.24, 2.45) is 45.8 Å². The van der Waals surface area contributed by atoms with Crippen molar-refractivity contribution in [2.45, 2.75) is 105 Å². The first-order valence-corrected chi connectivity index (χ1v) is 15.1. The van der Waals surface area contributed by atoms with E-state index in [9.17, 15) is 14.4 Å². The second-order valence-corrected chi connectivity index (χ2v) is 14.6. The second kappa shape index (κ2) is 9.69. The normalized spacial score (nSPS) is 38.9. The van der Waals surface area contributed by atoms with Crippen LogP contribution in [0.2, 0.25) is 0 Å². The van der Waals surface area contributed by atoms with Crippen LogP contribution in [0.15, 0.2) is 22.4 Å². The van der Waals surface area contributed by atoms with Gasteiger partial charge in [-0.2, -0.15) is 0 Å². The maximum absolute atomic E-state index is 14.1. The predicted octanol–water partition coefficient (Wildman–Crippen LogP) is 6.66. The Kier molecular flexibility index (Phi) is 7.03. The van der Waals surface area contributed by atoms with Gasteiger partial charge in [0.25, 0.3) is 0 Å². The Labute approximate surface area is 233 Å². The number of fused-ring (bicyclic) bond motifs is 5. The first-order valence-electron chi connectivity index (χ1n) is 15.1. The van der Waals surface area contributed by atoms with Crippen molar-refractivity contribution in [3.63, 3.8) is 0 Å². The van der Waals surface area contributed by atoms with Gasteiger partial charge in [0.15, 0.2) is 11.5 Å². The number of carbonyl (C=O) groups excluding carboxylic acids is 3. The van der Waals surface area contributed by atoms with Crippen LogP contribution in [0, 0.1) is 45.8 Å². The van der Waals surface area contributed by atoms with Gasteiger partial charge in [0.05, 0.1) is 24.6 Å². The molecule has 0 radical (unpaired) electrons. The standard InChI is InChI=1S/C33H47NO5/c1-8-9-20-18-34-39-28(20)31(4,19-35)21-10-12-32(5)22(14-21)15-26(36)27-24-16-30(2,3)17-25(29(37)38-7)23(24)11-13-33(27,32)6/h15,18-19,21,23-25,27H,8-14,16-17H2,1-7H3/t21-,23?,24-,25-,27+,31-,32-,33-/m1/s1. The lowest BCUT2D eigenvalue weighted by molar-refractivity contribution is -0.169. The summed E-state index contributed by atoms with van der Waals surface area (Å²) < 4.78 is 11.0. The first kappa shape index (κ1) is 28.3. The van der Waals surface area contributed by atoms with E-state index >= 15 is 0 Å². The minimum Gasteiger partial charge on any atom is -0.469 e. The van der Waals surface area contributed by atoms with Crippen LogP contribution >= 0.6 is 0 Å². The molecule has 39 heavy (non-hydrogen) atoms. The number of nitrogens with zero attached hydrogens (tertiary/aromatic N) is 1. The number of ketones is 1. The SMILES string of the molecule is CCCc1cnoc1[C@](C)(C=O)[C@@H]1CC[C@]2(C)C(=CC(=O)[C@@H]3[C@@H]4CC(C)(C)C[C@@H](C(=O)OC)C4CC[C@]32C)C1. The molecule has 6 heteroatoms. The van der Waals surface area contributed by atoms with Crippen molar-refractivity contribution >= 4 is 18.0 Å². The number of aldehydes is 1. The maximum atomic E-state index is 14.1. The quantitative estimate of drug-likeness (QED) is 0.298. The van der Waals surface area contributed by atoms with E-state index in [1.54, 1.807) is 6.20 Å². The molecule has 1 unspecified atom stereocenters. The van der Waals surface area contributed by atoms with Crippen LogP contribution in [0.25, 0.3) is 0 Å². The average molecular weight is 538 g/mol. The molecule has 0 aliphatic heterocycles. The van der Waals surface area contributed by atoms with Gasteiger partial charge in [-0.15, -0.1) is 0 Å². The number of rotatable bonds is 6. The number of aromatic nitrogens is 1. The van der Waals surface area contributed by atoms with E-state index < -0.39 is 5.41 Å². The van der Waals surface area contributed by atoms with Crippen molar-refractivity contribution in [3.8, 4) is 0 Å². The Hall–Kier alpha value is -2.24. The molecular weight excluding hydrogens is 490 g/mol. The van der Waals surface area contributed by atoms with Crippen LogP contribution in [0.1, 0.15) is 104 Å². The maximum Gasteiger partial charge on any atom is 0.308 e. The number of esters is 1. The predicted molar refractivity (Wildman–Crippen MR) is 149 cm³/mol. The van der Waals surface area contributed by atoms with Gasteiger partial charge in [0, 0.05) is 11.5 Å². The topological polar surface area (TPSA) is 86.5 Å². The van der Waals surface area contributed by atoms with E-state index in [0.717, 1.165) is 69.6 Å². The molecule has 4 aliphatic carbocycles. The van der Waals surface area contributed by atoms with E-state index in [2.05, 4.69) is 39.8 Å². The van der Waals surface area contributed by atoms with E-state index in [1.165, 1.54) is 12.7 Å². The molecule has 5 rings (SSSR count). The number of aryl methyl sites for hydroxylation is 1. The number of carbonyl (C=O) groups is 3. The average Bonchev–Trinajstić information content (AvgIpc) is 3.36. The smallest absolute Gasteiger partial charge is 0.308 e. The van der Waals surface area contributed by atoms with Gasteiger partial charge < -0.3 is 14.1 Å². The minimum atomic E-state index is -0.775. The van der Waals surface area contributed by atoms with Gasteiger partial charge in [-0.3, -0.25) is 9.59 Å².